The topological polar surface area (TPSA) is 83.3 Å². The van der Waals surface area contributed by atoms with Crippen LogP contribution in [0.2, 0.25) is 0 Å². The van der Waals surface area contributed by atoms with Crippen LogP contribution in [0.1, 0.15) is 71.6 Å². The van der Waals surface area contributed by atoms with Crippen LogP contribution in [0.5, 0.6) is 0 Å². The Balaban J connectivity index is 0.00000218. The Kier molecular flexibility index (Phi) is 5.95. The zero-order chi connectivity index (χ0) is 20.2. The predicted molar refractivity (Wildman–Crippen MR) is 118 cm³/mol. The molecule has 168 valence electrons. The number of hydrogen-bond acceptors (Lipinski definition) is 6. The Morgan fingerprint density at radius 1 is 1.10 bits per heavy atom. The van der Waals surface area contributed by atoms with E-state index < -0.39 is 0 Å². The number of fused-ring (bicyclic) bond motifs is 5. The highest BCUT2D eigenvalue weighted by atomic mass is 35.5. The van der Waals surface area contributed by atoms with Crippen LogP contribution in [0.4, 0.5) is 0 Å². The Labute approximate surface area is 185 Å². The van der Waals surface area contributed by atoms with E-state index in [4.69, 9.17) is 4.84 Å². The molecule has 5 aliphatic rings. The van der Waals surface area contributed by atoms with Gasteiger partial charge in [-0.25, -0.2) is 0 Å². The maximum atomic E-state index is 12.6. The van der Waals surface area contributed by atoms with Crippen molar-refractivity contribution in [3.63, 3.8) is 0 Å². The van der Waals surface area contributed by atoms with E-state index in [-0.39, 0.29) is 35.3 Å². The molecule has 0 spiro atoms. The van der Waals surface area contributed by atoms with Crippen molar-refractivity contribution < 1.29 is 14.8 Å². The van der Waals surface area contributed by atoms with Crippen LogP contribution in [0.3, 0.4) is 0 Å². The van der Waals surface area contributed by atoms with Gasteiger partial charge in [-0.15, -0.1) is 12.4 Å². The molecule has 30 heavy (non-hydrogen) atoms. The lowest BCUT2D eigenvalue weighted by Gasteiger charge is -2.59. The molecule has 0 aromatic heterocycles. The molecule has 0 radical (unpaired) electrons. The summed E-state index contributed by atoms with van der Waals surface area (Å²) in [5.41, 5.74) is 2.05. The fourth-order valence-corrected chi connectivity index (χ4v) is 7.71. The van der Waals surface area contributed by atoms with E-state index >= 15 is 0 Å². The highest BCUT2D eigenvalue weighted by Crippen LogP contribution is 2.64. The number of rotatable bonds is 2. The maximum absolute atomic E-state index is 12.6. The van der Waals surface area contributed by atoms with Crippen LogP contribution >= 0.6 is 12.4 Å². The van der Waals surface area contributed by atoms with Crippen molar-refractivity contribution >= 4 is 29.6 Å². The number of carbonyl (C=O) groups excluding carboxylic acids is 1. The van der Waals surface area contributed by atoms with Gasteiger partial charge in [-0.05, 0) is 74.7 Å². The summed E-state index contributed by atoms with van der Waals surface area (Å²) < 4.78 is 0. The van der Waals surface area contributed by atoms with Gasteiger partial charge >= 0.3 is 0 Å². The van der Waals surface area contributed by atoms with E-state index in [0.717, 1.165) is 82.3 Å². The normalized spacial score (nSPS) is 48.1. The Hall–Kier alpha value is -1.14. The first-order valence-electron chi connectivity index (χ1n) is 11.6. The molecule has 0 aromatic rings. The first-order valence-corrected chi connectivity index (χ1v) is 11.6. The summed E-state index contributed by atoms with van der Waals surface area (Å²) >= 11 is 0. The van der Waals surface area contributed by atoms with Gasteiger partial charge in [0.2, 0.25) is 0 Å². The molecule has 0 unspecified atom stereocenters. The molecular weight excluding hydrogens is 402 g/mol. The van der Waals surface area contributed by atoms with Gasteiger partial charge in [0.25, 0.3) is 0 Å². The lowest BCUT2D eigenvalue weighted by atomic mass is 9.45. The van der Waals surface area contributed by atoms with Gasteiger partial charge < -0.3 is 15.4 Å². The Morgan fingerprint density at radius 2 is 1.93 bits per heavy atom. The molecule has 4 saturated carbocycles. The summed E-state index contributed by atoms with van der Waals surface area (Å²) in [5, 5.41) is 21.6. The molecule has 7 heteroatoms. The number of oxime groups is 2. The minimum Gasteiger partial charge on any atom is -0.411 e. The number of halogens is 1. The molecule has 1 heterocycles. The first-order chi connectivity index (χ1) is 14.0. The third kappa shape index (κ3) is 3.29. The van der Waals surface area contributed by atoms with E-state index in [1.54, 1.807) is 0 Å². The van der Waals surface area contributed by atoms with Crippen LogP contribution in [0.25, 0.3) is 0 Å². The van der Waals surface area contributed by atoms with E-state index in [1.807, 2.05) is 0 Å². The third-order valence-corrected chi connectivity index (χ3v) is 9.50. The van der Waals surface area contributed by atoms with E-state index in [0.29, 0.717) is 23.5 Å². The summed E-state index contributed by atoms with van der Waals surface area (Å²) in [6, 6.07) is 0. The molecular formula is C23H36ClN3O3. The number of nitrogens with one attached hydrogen (secondary N) is 1. The average molecular weight is 438 g/mol. The molecule has 4 aliphatic carbocycles. The fourth-order valence-electron chi connectivity index (χ4n) is 7.71. The summed E-state index contributed by atoms with van der Waals surface area (Å²) in [6.45, 7) is 6.50. The van der Waals surface area contributed by atoms with Crippen molar-refractivity contribution in [2.75, 3.05) is 13.1 Å². The van der Waals surface area contributed by atoms with E-state index in [2.05, 4.69) is 29.5 Å². The second kappa shape index (κ2) is 8.09. The van der Waals surface area contributed by atoms with Crippen molar-refractivity contribution in [1.82, 2.24) is 5.32 Å². The van der Waals surface area contributed by atoms with Gasteiger partial charge in [0.15, 0.2) is 0 Å². The molecule has 7 atom stereocenters. The monoisotopic (exact) mass is 437 g/mol. The largest absolute Gasteiger partial charge is 0.411 e. The predicted octanol–water partition coefficient (Wildman–Crippen LogP) is 4.19. The molecule has 0 aromatic carbocycles. The number of hydrogen-bond donors (Lipinski definition) is 2. The van der Waals surface area contributed by atoms with Crippen molar-refractivity contribution in [2.45, 2.75) is 77.7 Å². The van der Waals surface area contributed by atoms with Crippen LogP contribution in [-0.4, -0.2) is 41.6 Å². The van der Waals surface area contributed by atoms with Gasteiger partial charge in [0.1, 0.15) is 11.9 Å². The average Bonchev–Trinajstić information content (AvgIpc) is 3.34. The quantitative estimate of drug-likeness (QED) is 0.501. The van der Waals surface area contributed by atoms with Crippen molar-refractivity contribution in [2.24, 2.45) is 44.8 Å². The van der Waals surface area contributed by atoms with E-state index in [1.165, 1.54) is 0 Å². The van der Waals surface area contributed by atoms with E-state index in [9.17, 15) is 10.0 Å². The molecule has 6 nitrogen and oxygen atoms in total. The lowest BCUT2D eigenvalue weighted by Crippen LogP contribution is -2.56. The molecule has 5 fully saturated rings. The molecule has 2 N–H and O–H groups in total. The number of Topliss-reactive ketones (excluding diaryl/α,β-unsaturated/α-hetero) is 1. The molecule has 5 rings (SSSR count). The number of carbonyl (C=O) groups is 1. The smallest absolute Gasteiger partial charge is 0.141 e. The minimum absolute atomic E-state index is 0. The number of ketones is 1. The fraction of sp³-hybridized carbons (Fsp3) is 0.870. The SMILES string of the molecule is C[C@]12CCC(=NO[C@@H]3CCNC3)C[C@@H]1/C(=N/O)C[C@@H]1[C@@H]2CC[C@]2(C)C(=O)CC[C@@H]12.Cl. The van der Waals surface area contributed by atoms with Crippen LogP contribution < -0.4 is 5.32 Å². The molecule has 0 amide bonds. The minimum atomic E-state index is -0.143. The number of nitrogens with zero attached hydrogens (tertiary/aromatic N) is 2. The second-order valence-corrected chi connectivity index (χ2v) is 10.7. The summed E-state index contributed by atoms with van der Waals surface area (Å²) in [6.07, 6.45) is 8.85. The van der Waals surface area contributed by atoms with Crippen molar-refractivity contribution in [1.29, 1.82) is 0 Å². The van der Waals surface area contributed by atoms with Crippen molar-refractivity contribution in [3.05, 3.63) is 0 Å². The van der Waals surface area contributed by atoms with Gasteiger partial charge in [-0.3, -0.25) is 4.79 Å². The summed E-state index contributed by atoms with van der Waals surface area (Å²) in [4.78, 5) is 18.4. The summed E-state index contributed by atoms with van der Waals surface area (Å²) in [7, 11) is 0. The first kappa shape index (κ1) is 22.1. The zero-order valence-corrected chi connectivity index (χ0v) is 19.0. The molecule has 0 bridgehead atoms. The lowest BCUT2D eigenvalue weighted by molar-refractivity contribution is -0.133. The van der Waals surface area contributed by atoms with Crippen molar-refractivity contribution in [3.8, 4) is 0 Å². The van der Waals surface area contributed by atoms with Crippen LogP contribution in [0, 0.1) is 34.5 Å². The standard InChI is InChI=1S/C23H35N3O3.ClH/c1-22-8-5-14(26-29-15-7-10-24-13-15)11-19(22)20(25-28)12-16-17-3-4-21(27)23(17,2)9-6-18(16)22;/h15-19,24,28H,3-13H2,1-2H3;1H/b25-20+,26-14?;/t15-,16+,17+,18+,19-,22-,23+;/m1./s1. The molecule has 1 saturated heterocycles. The Bertz CT molecular complexity index is 750. The highest BCUT2D eigenvalue weighted by molar-refractivity contribution is 5.96. The maximum Gasteiger partial charge on any atom is 0.141 e. The van der Waals surface area contributed by atoms with Gasteiger partial charge in [0, 0.05) is 30.7 Å². The molecule has 1 aliphatic heterocycles. The third-order valence-electron chi connectivity index (χ3n) is 9.50. The summed E-state index contributed by atoms with van der Waals surface area (Å²) in [5.74, 6) is 2.26. The van der Waals surface area contributed by atoms with Crippen LogP contribution in [0.15, 0.2) is 10.3 Å². The van der Waals surface area contributed by atoms with Crippen LogP contribution in [-0.2, 0) is 9.63 Å². The van der Waals surface area contributed by atoms with Gasteiger partial charge in [0.05, 0.1) is 11.4 Å². The van der Waals surface area contributed by atoms with Gasteiger partial charge in [-0.2, -0.15) is 0 Å². The highest BCUT2D eigenvalue weighted by Gasteiger charge is 2.61. The Morgan fingerprint density at radius 3 is 2.67 bits per heavy atom. The zero-order valence-electron chi connectivity index (χ0n) is 18.2. The second-order valence-electron chi connectivity index (χ2n) is 10.7. The van der Waals surface area contributed by atoms with Gasteiger partial charge in [-0.1, -0.05) is 24.2 Å².